The van der Waals surface area contributed by atoms with Crippen LogP contribution in [0.2, 0.25) is 5.02 Å². The van der Waals surface area contributed by atoms with Crippen molar-refractivity contribution in [1.29, 1.82) is 0 Å². The Hall–Kier alpha value is -2.38. The number of nitrogens with zero attached hydrogens (tertiary/aromatic N) is 3. The normalized spacial score (nSPS) is 15.4. The van der Waals surface area contributed by atoms with Crippen molar-refractivity contribution in [3.05, 3.63) is 46.7 Å². The molecule has 0 unspecified atom stereocenters. The molecule has 1 atom stereocenters. The third-order valence-electron chi connectivity index (χ3n) is 5.95. The van der Waals surface area contributed by atoms with Gasteiger partial charge in [-0.3, -0.25) is 4.79 Å². The van der Waals surface area contributed by atoms with E-state index in [2.05, 4.69) is 20.2 Å². The molecule has 0 spiro atoms. The van der Waals surface area contributed by atoms with Crippen molar-refractivity contribution in [3.63, 3.8) is 0 Å². The van der Waals surface area contributed by atoms with Crippen molar-refractivity contribution in [2.45, 2.75) is 52.0 Å². The zero-order chi connectivity index (χ0) is 22.9. The number of ether oxygens (including phenoxy) is 1. The molecule has 0 aliphatic carbocycles. The molecule has 1 fully saturated rings. The molecule has 8 heteroatoms. The minimum absolute atomic E-state index is 0.0633. The monoisotopic (exact) mass is 459 g/mol. The SMILES string of the molecule is Cc1cc(OCCCC2CCN(c3ncc(Cl)cn3)CC2)ccc1C(=O)N[C@H](C)CCN. The number of benzene rings is 1. The molecule has 3 N–H and O–H groups in total. The molecule has 1 amide bonds. The van der Waals surface area contributed by atoms with Crippen LogP contribution in [0.3, 0.4) is 0 Å². The number of aromatic nitrogens is 2. The number of rotatable bonds is 10. The number of piperidine rings is 1. The molecule has 0 radical (unpaired) electrons. The number of carbonyl (C=O) groups is 1. The van der Waals surface area contributed by atoms with Gasteiger partial charge < -0.3 is 20.7 Å². The van der Waals surface area contributed by atoms with E-state index in [4.69, 9.17) is 22.1 Å². The van der Waals surface area contributed by atoms with Crippen LogP contribution >= 0.6 is 11.6 Å². The van der Waals surface area contributed by atoms with E-state index < -0.39 is 0 Å². The minimum atomic E-state index is -0.0645. The summed E-state index contributed by atoms with van der Waals surface area (Å²) in [6.07, 6.45) is 8.50. The molecular weight excluding hydrogens is 426 g/mol. The molecule has 1 aromatic carbocycles. The van der Waals surface area contributed by atoms with Gasteiger partial charge >= 0.3 is 0 Å². The summed E-state index contributed by atoms with van der Waals surface area (Å²) in [7, 11) is 0. The maximum Gasteiger partial charge on any atom is 0.251 e. The van der Waals surface area contributed by atoms with Crippen molar-refractivity contribution < 1.29 is 9.53 Å². The van der Waals surface area contributed by atoms with Crippen molar-refractivity contribution in [2.75, 3.05) is 31.1 Å². The number of hydrogen-bond acceptors (Lipinski definition) is 6. The van der Waals surface area contributed by atoms with Crippen molar-refractivity contribution >= 4 is 23.5 Å². The molecule has 1 aliphatic rings. The van der Waals surface area contributed by atoms with Crippen LogP contribution in [0.15, 0.2) is 30.6 Å². The van der Waals surface area contributed by atoms with Gasteiger partial charge in [0.25, 0.3) is 5.91 Å². The number of nitrogens with one attached hydrogen (secondary N) is 1. The predicted octanol–water partition coefficient (Wildman–Crippen LogP) is 3.98. The van der Waals surface area contributed by atoms with E-state index in [0.29, 0.717) is 29.7 Å². The van der Waals surface area contributed by atoms with Crippen LogP contribution in [0.25, 0.3) is 0 Å². The Bertz CT molecular complexity index is 869. The lowest BCUT2D eigenvalue weighted by atomic mass is 9.92. The topological polar surface area (TPSA) is 93.4 Å². The van der Waals surface area contributed by atoms with Gasteiger partial charge in [0.15, 0.2) is 0 Å². The highest BCUT2D eigenvalue weighted by Crippen LogP contribution is 2.25. The number of hydrogen-bond donors (Lipinski definition) is 2. The molecule has 1 saturated heterocycles. The van der Waals surface area contributed by atoms with Crippen LogP contribution < -0.4 is 20.7 Å². The molecular formula is C24H34ClN5O2. The van der Waals surface area contributed by atoms with Crippen LogP contribution in [0.4, 0.5) is 5.95 Å². The zero-order valence-corrected chi connectivity index (χ0v) is 19.8. The second kappa shape index (κ2) is 12.0. The molecule has 32 heavy (non-hydrogen) atoms. The highest BCUT2D eigenvalue weighted by Gasteiger charge is 2.20. The Labute approximate surface area is 195 Å². The average molecular weight is 460 g/mol. The number of nitrogens with two attached hydrogens (primary N) is 1. The first-order chi connectivity index (χ1) is 15.5. The van der Waals surface area contributed by atoms with Gasteiger partial charge in [-0.1, -0.05) is 11.6 Å². The zero-order valence-electron chi connectivity index (χ0n) is 19.0. The maximum atomic E-state index is 12.4. The fourth-order valence-electron chi connectivity index (χ4n) is 4.06. The van der Waals surface area contributed by atoms with Crippen LogP contribution in [-0.4, -0.2) is 48.2 Å². The van der Waals surface area contributed by atoms with Crippen molar-refractivity contribution in [2.24, 2.45) is 11.7 Å². The Morgan fingerprint density at radius 2 is 2.03 bits per heavy atom. The highest BCUT2D eigenvalue weighted by atomic mass is 35.5. The van der Waals surface area contributed by atoms with Gasteiger partial charge in [0.05, 0.1) is 24.0 Å². The summed E-state index contributed by atoms with van der Waals surface area (Å²) in [4.78, 5) is 23.3. The summed E-state index contributed by atoms with van der Waals surface area (Å²) in [5.41, 5.74) is 7.15. The second-order valence-corrected chi connectivity index (χ2v) is 8.99. The smallest absolute Gasteiger partial charge is 0.251 e. The average Bonchev–Trinajstić information content (AvgIpc) is 2.78. The number of anilines is 1. The number of carbonyl (C=O) groups excluding carboxylic acids is 1. The van der Waals surface area contributed by atoms with Crippen molar-refractivity contribution in [3.8, 4) is 5.75 Å². The van der Waals surface area contributed by atoms with Gasteiger partial charge in [-0.2, -0.15) is 0 Å². The fourth-order valence-corrected chi connectivity index (χ4v) is 4.15. The number of amides is 1. The standard InChI is InChI=1S/C24H34ClN5O2/c1-17-14-21(5-6-22(17)23(31)29-18(2)7-10-26)32-13-3-4-19-8-11-30(12-9-19)24-27-15-20(25)16-28-24/h5-6,14-16,18-19H,3-4,7-13,26H2,1-2H3,(H,29,31)/t18-/m1/s1. The van der Waals surface area contributed by atoms with Crippen LogP contribution in [0, 0.1) is 12.8 Å². The van der Waals surface area contributed by atoms with Gasteiger partial charge in [0.2, 0.25) is 5.95 Å². The molecule has 1 aromatic heterocycles. The van der Waals surface area contributed by atoms with E-state index in [1.165, 1.54) is 0 Å². The lowest BCUT2D eigenvalue weighted by Crippen LogP contribution is -2.34. The van der Waals surface area contributed by atoms with E-state index in [9.17, 15) is 4.79 Å². The predicted molar refractivity (Wildman–Crippen MR) is 128 cm³/mol. The molecule has 0 saturated carbocycles. The van der Waals surface area contributed by atoms with E-state index in [-0.39, 0.29) is 11.9 Å². The van der Waals surface area contributed by atoms with Gasteiger partial charge in [-0.25, -0.2) is 9.97 Å². The highest BCUT2D eigenvalue weighted by molar-refractivity contribution is 6.30. The molecule has 0 bridgehead atoms. The first-order valence-electron chi connectivity index (χ1n) is 11.4. The fraction of sp³-hybridized carbons (Fsp3) is 0.542. The van der Waals surface area contributed by atoms with E-state index in [1.807, 2.05) is 32.0 Å². The summed E-state index contributed by atoms with van der Waals surface area (Å²) < 4.78 is 5.94. The lowest BCUT2D eigenvalue weighted by Gasteiger charge is -2.31. The Balaban J connectivity index is 1.37. The maximum absolute atomic E-state index is 12.4. The molecule has 3 rings (SSSR count). The summed E-state index contributed by atoms with van der Waals surface area (Å²) in [6, 6.07) is 5.71. The molecule has 2 aromatic rings. The third-order valence-corrected chi connectivity index (χ3v) is 6.14. The molecule has 174 valence electrons. The molecule has 7 nitrogen and oxygen atoms in total. The summed E-state index contributed by atoms with van der Waals surface area (Å²) in [6.45, 7) is 7.09. The lowest BCUT2D eigenvalue weighted by molar-refractivity contribution is 0.0938. The van der Waals surface area contributed by atoms with E-state index >= 15 is 0 Å². The third kappa shape index (κ3) is 7.07. The van der Waals surface area contributed by atoms with E-state index in [0.717, 1.165) is 62.5 Å². The molecule has 1 aliphatic heterocycles. The van der Waals surface area contributed by atoms with Gasteiger partial charge in [0, 0.05) is 24.7 Å². The molecule has 2 heterocycles. The van der Waals surface area contributed by atoms with Crippen LogP contribution in [0.5, 0.6) is 5.75 Å². The van der Waals surface area contributed by atoms with Crippen LogP contribution in [0.1, 0.15) is 54.9 Å². The van der Waals surface area contributed by atoms with Crippen LogP contribution in [-0.2, 0) is 0 Å². The second-order valence-electron chi connectivity index (χ2n) is 8.55. The first-order valence-corrected chi connectivity index (χ1v) is 11.8. The van der Waals surface area contributed by atoms with Gasteiger partial charge in [-0.15, -0.1) is 0 Å². The van der Waals surface area contributed by atoms with Crippen molar-refractivity contribution in [1.82, 2.24) is 15.3 Å². The summed E-state index contributed by atoms with van der Waals surface area (Å²) in [5.74, 6) is 2.21. The van der Waals surface area contributed by atoms with E-state index in [1.54, 1.807) is 12.4 Å². The Morgan fingerprint density at radius 1 is 1.31 bits per heavy atom. The van der Waals surface area contributed by atoms with Gasteiger partial charge in [-0.05, 0) is 82.2 Å². The Morgan fingerprint density at radius 3 is 2.69 bits per heavy atom. The van der Waals surface area contributed by atoms with Gasteiger partial charge in [0.1, 0.15) is 5.75 Å². The number of aryl methyl sites for hydroxylation is 1. The summed E-state index contributed by atoms with van der Waals surface area (Å²) >= 11 is 5.87. The first kappa shape index (κ1) is 24.3. The Kier molecular flexibility index (Phi) is 9.11. The minimum Gasteiger partial charge on any atom is -0.494 e. The largest absolute Gasteiger partial charge is 0.494 e. The summed E-state index contributed by atoms with van der Waals surface area (Å²) in [5, 5.41) is 3.55. The number of halogens is 1. The quantitative estimate of drug-likeness (QED) is 0.522.